The van der Waals surface area contributed by atoms with Crippen molar-refractivity contribution in [2.45, 2.75) is 6.92 Å². The third-order valence-corrected chi connectivity index (χ3v) is 1.37. The number of likely N-dealkylation sites (N-methyl/N-ethyl adjacent to an activating group) is 1. The number of hydrogen-bond acceptors (Lipinski definition) is 2. The van der Waals surface area contributed by atoms with Crippen molar-refractivity contribution in [3.8, 4) is 0 Å². The van der Waals surface area contributed by atoms with Crippen molar-refractivity contribution in [2.75, 3.05) is 19.6 Å². The Bertz CT molecular complexity index is 115. The standard InChI is InChI=1S/C5H11N3O/c1-2-8-4-3-6-7-5(8)9/h6H,2-4H2,1H3,(H,7,9). The van der Waals surface area contributed by atoms with Gasteiger partial charge in [-0.1, -0.05) is 0 Å². The molecule has 1 heterocycles. The summed E-state index contributed by atoms with van der Waals surface area (Å²) in [6.45, 7) is 4.39. The van der Waals surface area contributed by atoms with E-state index in [1.54, 1.807) is 4.90 Å². The van der Waals surface area contributed by atoms with Gasteiger partial charge in [0.2, 0.25) is 0 Å². The van der Waals surface area contributed by atoms with Crippen LogP contribution in [-0.4, -0.2) is 30.6 Å². The van der Waals surface area contributed by atoms with Crippen LogP contribution in [0.1, 0.15) is 6.92 Å². The van der Waals surface area contributed by atoms with Crippen LogP contribution in [0.2, 0.25) is 0 Å². The SMILES string of the molecule is CCN1CCNNC1=O. The second kappa shape index (κ2) is 2.68. The highest BCUT2D eigenvalue weighted by molar-refractivity contribution is 5.74. The van der Waals surface area contributed by atoms with Crippen LogP contribution in [0, 0.1) is 0 Å². The molecular weight excluding hydrogens is 118 g/mol. The van der Waals surface area contributed by atoms with E-state index in [1.807, 2.05) is 6.92 Å². The molecule has 0 saturated carbocycles. The van der Waals surface area contributed by atoms with Gasteiger partial charge in [-0.15, -0.1) is 0 Å². The normalized spacial score (nSPS) is 19.7. The zero-order valence-corrected chi connectivity index (χ0v) is 5.48. The highest BCUT2D eigenvalue weighted by Crippen LogP contribution is 1.89. The molecule has 0 spiro atoms. The molecule has 1 aliphatic rings. The molecule has 52 valence electrons. The van der Waals surface area contributed by atoms with Gasteiger partial charge in [-0.25, -0.2) is 10.2 Å². The van der Waals surface area contributed by atoms with Gasteiger partial charge in [0.1, 0.15) is 0 Å². The highest BCUT2D eigenvalue weighted by Gasteiger charge is 2.13. The van der Waals surface area contributed by atoms with Gasteiger partial charge >= 0.3 is 6.03 Å². The van der Waals surface area contributed by atoms with Gasteiger partial charge in [0.25, 0.3) is 0 Å². The molecule has 0 aliphatic carbocycles. The van der Waals surface area contributed by atoms with Crippen molar-refractivity contribution in [3.05, 3.63) is 0 Å². The van der Waals surface area contributed by atoms with Crippen molar-refractivity contribution < 1.29 is 4.79 Å². The van der Waals surface area contributed by atoms with Crippen molar-refractivity contribution in [1.82, 2.24) is 15.8 Å². The lowest BCUT2D eigenvalue weighted by atomic mass is 10.5. The van der Waals surface area contributed by atoms with Crippen LogP contribution >= 0.6 is 0 Å². The Morgan fingerprint density at radius 3 is 3.00 bits per heavy atom. The minimum absolute atomic E-state index is 0.0243. The molecule has 9 heavy (non-hydrogen) atoms. The van der Waals surface area contributed by atoms with Crippen LogP contribution in [0.5, 0.6) is 0 Å². The summed E-state index contributed by atoms with van der Waals surface area (Å²) in [5.74, 6) is 0. The van der Waals surface area contributed by atoms with Gasteiger partial charge in [0.15, 0.2) is 0 Å². The predicted molar refractivity (Wildman–Crippen MR) is 33.8 cm³/mol. The second-order valence-corrected chi connectivity index (χ2v) is 1.94. The lowest BCUT2D eigenvalue weighted by molar-refractivity contribution is 0.181. The molecule has 1 saturated heterocycles. The van der Waals surface area contributed by atoms with Crippen molar-refractivity contribution in [1.29, 1.82) is 0 Å². The van der Waals surface area contributed by atoms with Crippen molar-refractivity contribution in [3.63, 3.8) is 0 Å². The summed E-state index contributed by atoms with van der Waals surface area (Å²) in [4.78, 5) is 12.5. The average molecular weight is 129 g/mol. The first kappa shape index (κ1) is 6.35. The molecule has 0 aromatic carbocycles. The summed E-state index contributed by atoms with van der Waals surface area (Å²) in [7, 11) is 0. The molecular formula is C5H11N3O. The van der Waals surface area contributed by atoms with E-state index in [2.05, 4.69) is 10.9 Å². The molecule has 1 rings (SSSR count). The minimum Gasteiger partial charge on any atom is -0.323 e. The monoisotopic (exact) mass is 129 g/mol. The molecule has 1 aliphatic heterocycles. The van der Waals surface area contributed by atoms with Gasteiger partial charge in [0, 0.05) is 19.6 Å². The fraction of sp³-hybridized carbons (Fsp3) is 0.800. The van der Waals surface area contributed by atoms with E-state index in [0.717, 1.165) is 19.6 Å². The van der Waals surface area contributed by atoms with E-state index < -0.39 is 0 Å². The molecule has 0 atom stereocenters. The Morgan fingerprint density at radius 1 is 1.78 bits per heavy atom. The maximum Gasteiger partial charge on any atom is 0.331 e. The first-order valence-electron chi connectivity index (χ1n) is 3.12. The molecule has 0 aromatic heterocycles. The number of hydrazine groups is 1. The predicted octanol–water partition coefficient (Wildman–Crippen LogP) is -0.464. The summed E-state index contributed by atoms with van der Waals surface area (Å²) in [5.41, 5.74) is 5.28. The lowest BCUT2D eigenvalue weighted by Crippen LogP contribution is -2.55. The number of carbonyl (C=O) groups excluding carboxylic acids is 1. The Hall–Kier alpha value is -0.770. The van der Waals surface area contributed by atoms with Crippen LogP contribution in [0.15, 0.2) is 0 Å². The fourth-order valence-electron chi connectivity index (χ4n) is 0.811. The molecule has 4 heteroatoms. The van der Waals surface area contributed by atoms with Gasteiger partial charge in [-0.3, -0.25) is 5.43 Å². The third-order valence-electron chi connectivity index (χ3n) is 1.37. The number of urea groups is 1. The summed E-state index contributed by atoms with van der Waals surface area (Å²) in [6.07, 6.45) is 0. The first-order chi connectivity index (χ1) is 4.34. The Kier molecular flexibility index (Phi) is 1.89. The number of nitrogens with zero attached hydrogens (tertiary/aromatic N) is 1. The highest BCUT2D eigenvalue weighted by atomic mass is 16.2. The topological polar surface area (TPSA) is 44.4 Å². The number of carbonyl (C=O) groups is 1. The van der Waals surface area contributed by atoms with E-state index in [4.69, 9.17) is 0 Å². The molecule has 2 N–H and O–H groups in total. The minimum atomic E-state index is -0.0243. The Labute approximate surface area is 54.2 Å². The summed E-state index contributed by atoms with van der Waals surface area (Å²) in [5, 5.41) is 0. The maximum absolute atomic E-state index is 10.8. The summed E-state index contributed by atoms with van der Waals surface area (Å²) in [6, 6.07) is -0.0243. The molecule has 0 radical (unpaired) electrons. The maximum atomic E-state index is 10.8. The Balaban J connectivity index is 2.39. The second-order valence-electron chi connectivity index (χ2n) is 1.94. The molecule has 2 amide bonds. The third kappa shape index (κ3) is 1.32. The lowest BCUT2D eigenvalue weighted by Gasteiger charge is -2.26. The number of nitrogens with one attached hydrogen (secondary N) is 2. The van der Waals surface area contributed by atoms with Gasteiger partial charge < -0.3 is 4.90 Å². The molecule has 4 nitrogen and oxygen atoms in total. The van der Waals surface area contributed by atoms with Crippen LogP contribution in [0.3, 0.4) is 0 Å². The smallest absolute Gasteiger partial charge is 0.323 e. The van der Waals surface area contributed by atoms with E-state index in [-0.39, 0.29) is 6.03 Å². The molecule has 0 aromatic rings. The average Bonchev–Trinajstić information content (AvgIpc) is 1.89. The van der Waals surface area contributed by atoms with Crippen LogP contribution in [-0.2, 0) is 0 Å². The van der Waals surface area contributed by atoms with E-state index in [9.17, 15) is 4.79 Å². The van der Waals surface area contributed by atoms with Crippen molar-refractivity contribution in [2.24, 2.45) is 0 Å². The van der Waals surface area contributed by atoms with Gasteiger partial charge in [-0.2, -0.15) is 0 Å². The molecule has 1 fully saturated rings. The first-order valence-corrected chi connectivity index (χ1v) is 3.12. The van der Waals surface area contributed by atoms with Crippen molar-refractivity contribution >= 4 is 6.03 Å². The number of rotatable bonds is 1. The molecule has 0 bridgehead atoms. The molecule has 0 unspecified atom stereocenters. The zero-order chi connectivity index (χ0) is 6.69. The number of amides is 2. The Morgan fingerprint density at radius 2 is 2.56 bits per heavy atom. The summed E-state index contributed by atoms with van der Waals surface area (Å²) < 4.78 is 0. The van der Waals surface area contributed by atoms with E-state index in [0.29, 0.717) is 0 Å². The van der Waals surface area contributed by atoms with Crippen LogP contribution in [0.4, 0.5) is 4.79 Å². The van der Waals surface area contributed by atoms with Gasteiger partial charge in [0.05, 0.1) is 0 Å². The van der Waals surface area contributed by atoms with E-state index >= 15 is 0 Å². The summed E-state index contributed by atoms with van der Waals surface area (Å²) >= 11 is 0. The van der Waals surface area contributed by atoms with Crippen LogP contribution < -0.4 is 10.9 Å². The zero-order valence-electron chi connectivity index (χ0n) is 5.48. The largest absolute Gasteiger partial charge is 0.331 e. The quantitative estimate of drug-likeness (QED) is 0.503. The number of hydrogen-bond donors (Lipinski definition) is 2. The van der Waals surface area contributed by atoms with Crippen LogP contribution in [0.25, 0.3) is 0 Å². The van der Waals surface area contributed by atoms with E-state index in [1.165, 1.54) is 0 Å². The van der Waals surface area contributed by atoms with Gasteiger partial charge in [-0.05, 0) is 6.92 Å². The fourth-order valence-corrected chi connectivity index (χ4v) is 0.811.